The van der Waals surface area contributed by atoms with Crippen molar-refractivity contribution in [3.8, 4) is 5.75 Å². The normalized spacial score (nSPS) is 22.6. The number of ether oxygens (including phenoxy) is 1. The zero-order valence-electron chi connectivity index (χ0n) is 17.1. The third-order valence-corrected chi connectivity index (χ3v) is 8.41. The van der Waals surface area contributed by atoms with Crippen molar-refractivity contribution in [3.63, 3.8) is 0 Å². The van der Waals surface area contributed by atoms with E-state index in [1.54, 1.807) is 17.0 Å². The Bertz CT molecular complexity index is 1130. The first-order chi connectivity index (χ1) is 15.3. The Labute approximate surface area is 190 Å². The molecule has 0 unspecified atom stereocenters. The average Bonchev–Trinajstić information content (AvgIpc) is 3.22. The van der Waals surface area contributed by atoms with Crippen LogP contribution >= 0.6 is 11.8 Å². The molecule has 10 heteroatoms. The first kappa shape index (κ1) is 22.3. The van der Waals surface area contributed by atoms with Crippen molar-refractivity contribution in [2.75, 3.05) is 16.4 Å². The number of nitrogens with zero attached hydrogens (tertiary/aromatic N) is 2. The van der Waals surface area contributed by atoms with Crippen molar-refractivity contribution in [1.82, 2.24) is 0 Å². The SMILES string of the molecule is O=C(O)CCC(=O)N=C1S[C@H]2CS(=O)(=O)C[C@@H]2N1c1ccc(OCc2ccccc2)cc1. The summed E-state index contributed by atoms with van der Waals surface area (Å²) in [5.74, 6) is -0.927. The van der Waals surface area contributed by atoms with Crippen LogP contribution in [0, 0.1) is 0 Å². The summed E-state index contributed by atoms with van der Waals surface area (Å²) in [5, 5.41) is 8.97. The van der Waals surface area contributed by atoms with Crippen LogP contribution in [0.4, 0.5) is 5.69 Å². The number of aliphatic carboxylic acids is 1. The molecule has 2 heterocycles. The maximum absolute atomic E-state index is 12.2. The predicted molar refractivity (Wildman–Crippen MR) is 123 cm³/mol. The van der Waals surface area contributed by atoms with Gasteiger partial charge in [0, 0.05) is 17.4 Å². The molecule has 2 aromatic rings. The first-order valence-corrected chi connectivity index (χ1v) is 12.8. The molecule has 2 aliphatic rings. The number of hydrogen-bond donors (Lipinski definition) is 1. The Morgan fingerprint density at radius 3 is 2.47 bits per heavy atom. The van der Waals surface area contributed by atoms with Crippen molar-refractivity contribution in [3.05, 3.63) is 60.2 Å². The number of hydrogen-bond acceptors (Lipinski definition) is 6. The minimum absolute atomic E-state index is 0.0146. The van der Waals surface area contributed by atoms with Gasteiger partial charge in [0.25, 0.3) is 0 Å². The summed E-state index contributed by atoms with van der Waals surface area (Å²) in [6.45, 7) is 0.424. The van der Waals surface area contributed by atoms with Crippen LogP contribution in [-0.2, 0) is 26.0 Å². The van der Waals surface area contributed by atoms with Crippen molar-refractivity contribution < 1.29 is 27.9 Å². The van der Waals surface area contributed by atoms with E-state index in [1.807, 2.05) is 42.5 Å². The second-order valence-corrected chi connectivity index (χ2v) is 11.0. The molecule has 0 aromatic heterocycles. The number of benzene rings is 2. The number of carboxylic acids is 1. The lowest BCUT2D eigenvalue weighted by atomic mass is 10.2. The van der Waals surface area contributed by atoms with Gasteiger partial charge in [-0.2, -0.15) is 4.99 Å². The molecule has 0 spiro atoms. The number of amidine groups is 1. The summed E-state index contributed by atoms with van der Waals surface area (Å²) < 4.78 is 30.2. The van der Waals surface area contributed by atoms with Gasteiger partial charge in [-0.25, -0.2) is 8.42 Å². The van der Waals surface area contributed by atoms with E-state index in [1.165, 1.54) is 11.8 Å². The van der Waals surface area contributed by atoms with Gasteiger partial charge in [0.2, 0.25) is 5.91 Å². The number of rotatable bonds is 7. The maximum Gasteiger partial charge on any atom is 0.303 e. The molecule has 8 nitrogen and oxygen atoms in total. The highest BCUT2D eigenvalue weighted by Crippen LogP contribution is 2.41. The topological polar surface area (TPSA) is 113 Å². The molecule has 0 radical (unpaired) electrons. The largest absolute Gasteiger partial charge is 0.489 e. The lowest BCUT2D eigenvalue weighted by Crippen LogP contribution is -2.37. The van der Waals surface area contributed by atoms with Gasteiger partial charge in [-0.3, -0.25) is 9.59 Å². The van der Waals surface area contributed by atoms with Gasteiger partial charge in [0.1, 0.15) is 12.4 Å². The highest BCUT2D eigenvalue weighted by molar-refractivity contribution is 8.16. The number of sulfone groups is 1. The minimum atomic E-state index is -3.17. The van der Waals surface area contributed by atoms with Gasteiger partial charge in [0.15, 0.2) is 15.0 Å². The average molecular weight is 475 g/mol. The molecular formula is C22H22N2O6S2. The van der Waals surface area contributed by atoms with Crippen LogP contribution in [0.25, 0.3) is 0 Å². The number of fused-ring (bicyclic) bond motifs is 1. The number of carbonyl (C=O) groups is 2. The number of carbonyl (C=O) groups excluding carboxylic acids is 1. The van der Waals surface area contributed by atoms with E-state index in [2.05, 4.69) is 4.99 Å². The zero-order valence-corrected chi connectivity index (χ0v) is 18.7. The Morgan fingerprint density at radius 1 is 1.06 bits per heavy atom. The van der Waals surface area contributed by atoms with Crippen LogP contribution < -0.4 is 9.64 Å². The Hall–Kier alpha value is -2.85. The third-order valence-electron chi connectivity index (χ3n) is 5.20. The number of amides is 1. The van der Waals surface area contributed by atoms with E-state index in [0.717, 1.165) is 5.56 Å². The van der Waals surface area contributed by atoms with E-state index >= 15 is 0 Å². The van der Waals surface area contributed by atoms with Crippen molar-refractivity contribution in [1.29, 1.82) is 0 Å². The molecule has 2 aliphatic heterocycles. The highest BCUT2D eigenvalue weighted by Gasteiger charge is 2.49. The smallest absolute Gasteiger partial charge is 0.303 e. The molecule has 4 rings (SSSR count). The molecule has 2 fully saturated rings. The summed E-state index contributed by atoms with van der Waals surface area (Å²) in [7, 11) is -3.17. The lowest BCUT2D eigenvalue weighted by Gasteiger charge is -2.24. The third kappa shape index (κ3) is 5.31. The summed E-state index contributed by atoms with van der Waals surface area (Å²) >= 11 is 1.26. The van der Waals surface area contributed by atoms with Crippen molar-refractivity contribution >= 4 is 44.3 Å². The van der Waals surface area contributed by atoms with Crippen LogP contribution in [0.1, 0.15) is 18.4 Å². The number of carboxylic acid groups (broad SMARTS) is 1. The molecule has 2 saturated heterocycles. The molecule has 1 amide bonds. The fraction of sp³-hybridized carbons (Fsp3) is 0.318. The van der Waals surface area contributed by atoms with Crippen LogP contribution in [0.2, 0.25) is 0 Å². The second-order valence-electron chi connectivity index (χ2n) is 7.62. The van der Waals surface area contributed by atoms with Gasteiger partial charge in [-0.15, -0.1) is 0 Å². The zero-order chi connectivity index (χ0) is 22.7. The molecule has 1 N–H and O–H groups in total. The van der Waals surface area contributed by atoms with Gasteiger partial charge >= 0.3 is 5.97 Å². The predicted octanol–water partition coefficient (Wildman–Crippen LogP) is 2.73. The van der Waals surface area contributed by atoms with E-state index in [9.17, 15) is 18.0 Å². The molecule has 0 saturated carbocycles. The monoisotopic (exact) mass is 474 g/mol. The highest BCUT2D eigenvalue weighted by atomic mass is 32.2. The minimum Gasteiger partial charge on any atom is -0.489 e. The summed E-state index contributed by atoms with van der Waals surface area (Å²) in [6.07, 6.45) is -0.498. The fourth-order valence-electron chi connectivity index (χ4n) is 3.69. The molecule has 2 atom stereocenters. The Morgan fingerprint density at radius 2 is 1.78 bits per heavy atom. The standard InChI is InChI=1S/C22H22N2O6S2/c25-20(10-11-21(26)27)23-22-24(18-13-32(28,29)14-19(18)31-22)16-6-8-17(9-7-16)30-12-15-4-2-1-3-5-15/h1-9,18-19H,10-14H2,(H,26,27)/t18-,19-/m0/s1. The molecule has 0 aliphatic carbocycles. The second kappa shape index (κ2) is 9.33. The van der Waals surface area contributed by atoms with E-state index < -0.39 is 21.7 Å². The Kier molecular flexibility index (Phi) is 6.52. The molecular weight excluding hydrogens is 452 g/mol. The number of thioether (sulfide) groups is 1. The van der Waals surface area contributed by atoms with Crippen LogP contribution in [-0.4, -0.2) is 53.4 Å². The number of anilines is 1. The first-order valence-electron chi connectivity index (χ1n) is 10.1. The van der Waals surface area contributed by atoms with Crippen LogP contribution in [0.5, 0.6) is 5.75 Å². The molecule has 168 valence electrons. The number of aliphatic imine (C=N–C) groups is 1. The van der Waals surface area contributed by atoms with Crippen molar-refractivity contribution in [2.45, 2.75) is 30.7 Å². The van der Waals surface area contributed by atoms with Crippen molar-refractivity contribution in [2.24, 2.45) is 4.99 Å². The fourth-order valence-corrected chi connectivity index (χ4v) is 7.62. The van der Waals surface area contributed by atoms with Gasteiger partial charge in [-0.1, -0.05) is 42.1 Å². The van der Waals surface area contributed by atoms with Gasteiger partial charge in [-0.05, 0) is 29.8 Å². The molecule has 2 aromatic carbocycles. The quantitative estimate of drug-likeness (QED) is 0.652. The summed E-state index contributed by atoms with van der Waals surface area (Å²) in [5.41, 5.74) is 1.75. The van der Waals surface area contributed by atoms with E-state index in [4.69, 9.17) is 9.84 Å². The Balaban J connectivity index is 1.53. The summed E-state index contributed by atoms with van der Waals surface area (Å²) in [6, 6.07) is 16.7. The lowest BCUT2D eigenvalue weighted by molar-refractivity contribution is -0.138. The molecule has 32 heavy (non-hydrogen) atoms. The van der Waals surface area contributed by atoms with Crippen LogP contribution in [0.15, 0.2) is 59.6 Å². The molecule has 0 bridgehead atoms. The van der Waals surface area contributed by atoms with Crippen LogP contribution in [0.3, 0.4) is 0 Å². The summed E-state index contributed by atoms with van der Waals surface area (Å²) in [4.78, 5) is 28.8. The van der Waals surface area contributed by atoms with E-state index in [0.29, 0.717) is 23.2 Å². The maximum atomic E-state index is 12.2. The van der Waals surface area contributed by atoms with E-state index in [-0.39, 0.29) is 35.6 Å². The van der Waals surface area contributed by atoms with Gasteiger partial charge in [0.05, 0.1) is 24.0 Å². The van der Waals surface area contributed by atoms with Gasteiger partial charge < -0.3 is 14.7 Å².